The Bertz CT molecular complexity index is 546. The van der Waals surface area contributed by atoms with Crippen LogP contribution in [0, 0.1) is 0 Å². The highest BCUT2D eigenvalue weighted by atomic mass is 32.1. The summed E-state index contributed by atoms with van der Waals surface area (Å²) < 4.78 is 37.2. The van der Waals surface area contributed by atoms with Gasteiger partial charge in [-0.1, -0.05) is 0 Å². The maximum atomic E-state index is 12.4. The molecule has 0 unspecified atom stereocenters. The van der Waals surface area contributed by atoms with E-state index in [1.165, 1.54) is 0 Å². The van der Waals surface area contributed by atoms with E-state index >= 15 is 0 Å². The molecule has 7 heteroatoms. The van der Waals surface area contributed by atoms with E-state index in [-0.39, 0.29) is 5.13 Å². The van der Waals surface area contributed by atoms with E-state index in [9.17, 15) is 13.2 Å². The van der Waals surface area contributed by atoms with E-state index < -0.39 is 11.9 Å². The number of hydrogen-bond donors (Lipinski definition) is 1. The van der Waals surface area contributed by atoms with Crippen molar-refractivity contribution < 1.29 is 13.2 Å². The number of hydrogen-bond acceptors (Lipinski definition) is 4. The first-order valence-corrected chi connectivity index (χ1v) is 6.31. The normalized spacial score (nSPS) is 11.4. The minimum atomic E-state index is -4.40. The number of thiazole rings is 1. The van der Waals surface area contributed by atoms with E-state index in [2.05, 4.69) is 10.3 Å². The van der Waals surface area contributed by atoms with Gasteiger partial charge < -0.3 is 10.2 Å². The number of anilines is 3. The van der Waals surface area contributed by atoms with Crippen LogP contribution in [0.25, 0.3) is 0 Å². The van der Waals surface area contributed by atoms with Crippen molar-refractivity contribution in [3.05, 3.63) is 35.3 Å². The lowest BCUT2D eigenvalue weighted by Gasteiger charge is -2.12. The van der Waals surface area contributed by atoms with Gasteiger partial charge in [0.1, 0.15) is 0 Å². The quantitative estimate of drug-likeness (QED) is 0.925. The van der Waals surface area contributed by atoms with Crippen LogP contribution in [-0.2, 0) is 6.18 Å². The Morgan fingerprint density at radius 2 is 1.79 bits per heavy atom. The molecule has 2 rings (SSSR count). The first kappa shape index (κ1) is 13.7. The molecule has 0 aliphatic rings. The summed E-state index contributed by atoms with van der Waals surface area (Å²) in [5.74, 6) is 0. The Kier molecular flexibility index (Phi) is 3.66. The lowest BCUT2D eigenvalue weighted by atomic mass is 10.2. The number of benzene rings is 1. The number of halogens is 3. The van der Waals surface area contributed by atoms with Crippen molar-refractivity contribution in [1.29, 1.82) is 0 Å². The van der Waals surface area contributed by atoms with E-state index in [1.807, 2.05) is 31.1 Å². The summed E-state index contributed by atoms with van der Waals surface area (Å²) in [6.07, 6.45) is -4.40. The van der Waals surface area contributed by atoms with Crippen molar-refractivity contribution in [2.24, 2.45) is 0 Å². The SMILES string of the molecule is CN(C)c1ccc(Nc2nc(C(F)(F)F)cs2)cc1. The summed E-state index contributed by atoms with van der Waals surface area (Å²) in [5, 5.41) is 4.07. The summed E-state index contributed by atoms with van der Waals surface area (Å²) >= 11 is 0.929. The highest BCUT2D eigenvalue weighted by Gasteiger charge is 2.33. The van der Waals surface area contributed by atoms with Crippen LogP contribution in [0.15, 0.2) is 29.6 Å². The molecule has 1 heterocycles. The van der Waals surface area contributed by atoms with Crippen LogP contribution >= 0.6 is 11.3 Å². The Hall–Kier alpha value is -1.76. The molecular formula is C12H12F3N3S. The molecule has 0 atom stereocenters. The molecule has 0 fully saturated rings. The van der Waals surface area contributed by atoms with Crippen molar-refractivity contribution in [3.63, 3.8) is 0 Å². The average molecular weight is 287 g/mol. The zero-order valence-corrected chi connectivity index (χ0v) is 11.1. The highest BCUT2D eigenvalue weighted by molar-refractivity contribution is 7.13. The van der Waals surface area contributed by atoms with Gasteiger partial charge in [0, 0.05) is 30.9 Å². The van der Waals surface area contributed by atoms with Crippen LogP contribution < -0.4 is 10.2 Å². The third kappa shape index (κ3) is 3.37. The smallest absolute Gasteiger partial charge is 0.378 e. The first-order chi connectivity index (χ1) is 8.86. The molecule has 0 amide bonds. The largest absolute Gasteiger partial charge is 0.434 e. The van der Waals surface area contributed by atoms with Crippen LogP contribution in [0.1, 0.15) is 5.69 Å². The molecule has 0 bridgehead atoms. The molecule has 0 saturated heterocycles. The van der Waals surface area contributed by atoms with Gasteiger partial charge in [0.2, 0.25) is 0 Å². The fourth-order valence-corrected chi connectivity index (χ4v) is 2.17. The predicted octanol–water partition coefficient (Wildman–Crippen LogP) is 3.97. The maximum Gasteiger partial charge on any atom is 0.434 e. The summed E-state index contributed by atoms with van der Waals surface area (Å²) in [6, 6.07) is 7.34. The molecular weight excluding hydrogens is 275 g/mol. The first-order valence-electron chi connectivity index (χ1n) is 5.43. The number of aromatic nitrogens is 1. The summed E-state index contributed by atoms with van der Waals surface area (Å²) in [4.78, 5) is 5.45. The van der Waals surface area contributed by atoms with Gasteiger partial charge in [-0.2, -0.15) is 13.2 Å². The Labute approximate surface area is 112 Å². The standard InChI is InChI=1S/C12H12F3N3S/c1-18(2)9-5-3-8(4-6-9)16-11-17-10(7-19-11)12(13,14)15/h3-7H,1-2H3,(H,16,17). The molecule has 0 saturated carbocycles. The van der Waals surface area contributed by atoms with Gasteiger partial charge in [-0.15, -0.1) is 11.3 Å². The van der Waals surface area contributed by atoms with Crippen LogP contribution in [0.5, 0.6) is 0 Å². The van der Waals surface area contributed by atoms with E-state index in [1.54, 1.807) is 12.1 Å². The summed E-state index contributed by atoms with van der Waals surface area (Å²) in [5.41, 5.74) is 0.847. The molecule has 1 N–H and O–H groups in total. The van der Waals surface area contributed by atoms with E-state index in [0.29, 0.717) is 5.69 Å². The second-order valence-electron chi connectivity index (χ2n) is 4.10. The second-order valence-corrected chi connectivity index (χ2v) is 4.96. The van der Waals surface area contributed by atoms with Gasteiger partial charge in [0.15, 0.2) is 10.8 Å². The van der Waals surface area contributed by atoms with Crippen molar-refractivity contribution in [1.82, 2.24) is 4.98 Å². The van der Waals surface area contributed by atoms with Gasteiger partial charge >= 0.3 is 6.18 Å². The summed E-state index contributed by atoms with van der Waals surface area (Å²) in [7, 11) is 3.83. The number of alkyl halides is 3. The molecule has 3 nitrogen and oxygen atoms in total. The number of nitrogens with one attached hydrogen (secondary N) is 1. The van der Waals surface area contributed by atoms with Crippen LogP contribution in [-0.4, -0.2) is 19.1 Å². The Morgan fingerprint density at radius 1 is 1.16 bits per heavy atom. The zero-order chi connectivity index (χ0) is 14.0. The number of rotatable bonds is 3. The minimum Gasteiger partial charge on any atom is -0.378 e. The van der Waals surface area contributed by atoms with E-state index in [4.69, 9.17) is 0 Å². The van der Waals surface area contributed by atoms with Gasteiger partial charge in [0.25, 0.3) is 0 Å². The van der Waals surface area contributed by atoms with Gasteiger partial charge in [-0.25, -0.2) is 4.98 Å². The Morgan fingerprint density at radius 3 is 2.26 bits per heavy atom. The molecule has 2 aromatic rings. The Balaban J connectivity index is 2.11. The van der Waals surface area contributed by atoms with Crippen LogP contribution in [0.4, 0.5) is 29.7 Å². The highest BCUT2D eigenvalue weighted by Crippen LogP contribution is 2.32. The molecule has 0 aliphatic carbocycles. The third-order valence-corrected chi connectivity index (χ3v) is 3.19. The zero-order valence-electron chi connectivity index (χ0n) is 10.3. The van der Waals surface area contributed by atoms with Crippen molar-refractivity contribution in [2.45, 2.75) is 6.18 Å². The number of nitrogens with zero attached hydrogens (tertiary/aromatic N) is 2. The topological polar surface area (TPSA) is 28.2 Å². The molecule has 1 aromatic heterocycles. The van der Waals surface area contributed by atoms with Gasteiger partial charge in [0.05, 0.1) is 0 Å². The summed E-state index contributed by atoms with van der Waals surface area (Å²) in [6.45, 7) is 0. The molecule has 102 valence electrons. The van der Waals surface area contributed by atoms with Crippen molar-refractivity contribution in [2.75, 3.05) is 24.3 Å². The molecule has 0 aliphatic heterocycles. The minimum absolute atomic E-state index is 0.227. The predicted molar refractivity (Wildman–Crippen MR) is 71.2 cm³/mol. The maximum absolute atomic E-state index is 12.4. The van der Waals surface area contributed by atoms with Crippen LogP contribution in [0.3, 0.4) is 0 Å². The van der Waals surface area contributed by atoms with Gasteiger partial charge in [-0.3, -0.25) is 0 Å². The van der Waals surface area contributed by atoms with Crippen molar-refractivity contribution in [3.8, 4) is 0 Å². The fraction of sp³-hybridized carbons (Fsp3) is 0.250. The average Bonchev–Trinajstić information content (AvgIpc) is 2.78. The lowest BCUT2D eigenvalue weighted by Crippen LogP contribution is -2.08. The fourth-order valence-electron chi connectivity index (χ4n) is 1.43. The third-order valence-electron chi connectivity index (χ3n) is 2.43. The van der Waals surface area contributed by atoms with Crippen molar-refractivity contribution >= 4 is 27.8 Å². The van der Waals surface area contributed by atoms with Gasteiger partial charge in [-0.05, 0) is 24.3 Å². The lowest BCUT2D eigenvalue weighted by molar-refractivity contribution is -0.140. The monoisotopic (exact) mass is 287 g/mol. The molecule has 0 radical (unpaired) electrons. The van der Waals surface area contributed by atoms with Crippen LogP contribution in [0.2, 0.25) is 0 Å². The van der Waals surface area contributed by atoms with E-state index in [0.717, 1.165) is 22.4 Å². The molecule has 19 heavy (non-hydrogen) atoms. The second kappa shape index (κ2) is 5.08. The molecule has 0 spiro atoms. The molecule has 1 aromatic carbocycles.